The van der Waals surface area contributed by atoms with Gasteiger partial charge < -0.3 is 9.84 Å². The number of rotatable bonds is 5. The van der Waals surface area contributed by atoms with Crippen molar-refractivity contribution in [2.75, 3.05) is 6.61 Å². The van der Waals surface area contributed by atoms with Crippen molar-refractivity contribution in [2.45, 2.75) is 19.4 Å². The summed E-state index contributed by atoms with van der Waals surface area (Å²) in [7, 11) is 0. The molecule has 1 atom stereocenters. The molecular formula is C12H13NO3S. The van der Waals surface area contributed by atoms with E-state index in [9.17, 15) is 4.79 Å². The molecule has 0 saturated heterocycles. The maximum Gasteiger partial charge on any atom is 0.306 e. The zero-order valence-corrected chi connectivity index (χ0v) is 10.2. The minimum Gasteiger partial charge on any atom is -0.481 e. The van der Waals surface area contributed by atoms with E-state index in [1.807, 2.05) is 31.2 Å². The second-order valence-electron chi connectivity index (χ2n) is 3.56. The van der Waals surface area contributed by atoms with Crippen LogP contribution in [0.4, 0.5) is 0 Å². The third-order valence-corrected chi connectivity index (χ3v) is 3.44. The number of carboxylic acid groups (broad SMARTS) is 1. The first-order valence-electron chi connectivity index (χ1n) is 5.39. The van der Waals surface area contributed by atoms with Crippen molar-refractivity contribution in [3.05, 3.63) is 29.3 Å². The summed E-state index contributed by atoms with van der Waals surface area (Å²) >= 11 is 1.49. The molecule has 1 aromatic heterocycles. The van der Waals surface area contributed by atoms with Gasteiger partial charge in [-0.3, -0.25) is 4.79 Å². The molecule has 1 aromatic carbocycles. The van der Waals surface area contributed by atoms with Gasteiger partial charge in [0.25, 0.3) is 0 Å². The Morgan fingerprint density at radius 3 is 2.94 bits per heavy atom. The number of hydrogen-bond acceptors (Lipinski definition) is 4. The fraction of sp³-hybridized carbons (Fsp3) is 0.333. The number of carboxylic acids is 1. The summed E-state index contributed by atoms with van der Waals surface area (Å²) in [5.74, 6) is -0.872. The van der Waals surface area contributed by atoms with Gasteiger partial charge in [-0.1, -0.05) is 12.1 Å². The monoisotopic (exact) mass is 251 g/mol. The average molecular weight is 251 g/mol. The van der Waals surface area contributed by atoms with Crippen LogP contribution >= 0.6 is 11.3 Å². The number of fused-ring (bicyclic) bond motifs is 1. The smallest absolute Gasteiger partial charge is 0.306 e. The normalized spacial score (nSPS) is 12.8. The second kappa shape index (κ2) is 5.25. The molecule has 5 heteroatoms. The van der Waals surface area contributed by atoms with Gasteiger partial charge in [-0.2, -0.15) is 0 Å². The van der Waals surface area contributed by atoms with Crippen molar-refractivity contribution in [3.8, 4) is 0 Å². The quantitative estimate of drug-likeness (QED) is 0.887. The summed E-state index contributed by atoms with van der Waals surface area (Å²) < 4.78 is 6.49. The van der Waals surface area contributed by atoms with Gasteiger partial charge in [0.15, 0.2) is 0 Å². The molecule has 0 amide bonds. The Morgan fingerprint density at radius 1 is 1.53 bits per heavy atom. The molecule has 4 nitrogen and oxygen atoms in total. The number of thiazole rings is 1. The molecule has 0 saturated carbocycles. The molecule has 0 bridgehead atoms. The number of aliphatic carboxylic acids is 1. The SMILES string of the molecule is CCO[C@H](CC(=O)O)c1nc2ccccc2s1. The molecule has 0 radical (unpaired) electrons. The molecule has 0 spiro atoms. The van der Waals surface area contributed by atoms with Gasteiger partial charge in [-0.25, -0.2) is 4.98 Å². The summed E-state index contributed by atoms with van der Waals surface area (Å²) in [4.78, 5) is 15.2. The van der Waals surface area contributed by atoms with Crippen LogP contribution in [0.3, 0.4) is 0 Å². The predicted molar refractivity (Wildman–Crippen MR) is 66.2 cm³/mol. The highest BCUT2D eigenvalue weighted by Gasteiger charge is 2.19. The highest BCUT2D eigenvalue weighted by molar-refractivity contribution is 7.18. The fourth-order valence-corrected chi connectivity index (χ4v) is 2.62. The van der Waals surface area contributed by atoms with Gasteiger partial charge in [-0.15, -0.1) is 11.3 Å². The number of aromatic nitrogens is 1. The van der Waals surface area contributed by atoms with Crippen LogP contribution in [0.25, 0.3) is 10.2 Å². The van der Waals surface area contributed by atoms with Crippen molar-refractivity contribution >= 4 is 27.5 Å². The Bertz CT molecular complexity index is 490. The molecule has 17 heavy (non-hydrogen) atoms. The van der Waals surface area contributed by atoms with E-state index in [-0.39, 0.29) is 6.42 Å². The summed E-state index contributed by atoms with van der Waals surface area (Å²) in [5, 5.41) is 9.58. The van der Waals surface area contributed by atoms with Crippen LogP contribution in [0.5, 0.6) is 0 Å². The number of ether oxygens (including phenoxy) is 1. The first-order valence-corrected chi connectivity index (χ1v) is 6.21. The molecule has 90 valence electrons. The van der Waals surface area contributed by atoms with E-state index in [0.717, 1.165) is 15.2 Å². The van der Waals surface area contributed by atoms with Crippen LogP contribution in [-0.2, 0) is 9.53 Å². The van der Waals surface area contributed by atoms with Crippen LogP contribution in [0.1, 0.15) is 24.5 Å². The Hall–Kier alpha value is -1.46. The van der Waals surface area contributed by atoms with Crippen molar-refractivity contribution in [2.24, 2.45) is 0 Å². The Kier molecular flexibility index (Phi) is 3.71. The largest absolute Gasteiger partial charge is 0.481 e. The third-order valence-electron chi connectivity index (χ3n) is 2.31. The molecule has 2 rings (SSSR count). The van der Waals surface area contributed by atoms with Crippen LogP contribution in [-0.4, -0.2) is 22.7 Å². The third kappa shape index (κ3) is 2.81. The van der Waals surface area contributed by atoms with E-state index in [1.54, 1.807) is 0 Å². The van der Waals surface area contributed by atoms with Crippen LogP contribution < -0.4 is 0 Å². The van der Waals surface area contributed by atoms with E-state index in [0.29, 0.717) is 6.61 Å². The first-order chi connectivity index (χ1) is 8.20. The summed E-state index contributed by atoms with van der Waals surface area (Å²) in [5.41, 5.74) is 0.891. The van der Waals surface area contributed by atoms with E-state index < -0.39 is 12.1 Å². The fourth-order valence-electron chi connectivity index (χ4n) is 1.61. The van der Waals surface area contributed by atoms with Gasteiger partial charge in [0.05, 0.1) is 16.6 Å². The number of hydrogen-bond donors (Lipinski definition) is 1. The minimum absolute atomic E-state index is 0.0480. The molecule has 0 aliphatic rings. The van der Waals surface area contributed by atoms with Gasteiger partial charge in [0, 0.05) is 6.61 Å². The minimum atomic E-state index is -0.872. The van der Waals surface area contributed by atoms with E-state index in [1.165, 1.54) is 11.3 Å². The molecule has 0 aliphatic heterocycles. The maximum absolute atomic E-state index is 10.8. The number of carbonyl (C=O) groups is 1. The van der Waals surface area contributed by atoms with E-state index in [2.05, 4.69) is 4.98 Å². The lowest BCUT2D eigenvalue weighted by molar-refractivity contribution is -0.140. The summed E-state index contributed by atoms with van der Waals surface area (Å²) in [6, 6.07) is 7.75. The van der Waals surface area contributed by atoms with E-state index in [4.69, 9.17) is 9.84 Å². The van der Waals surface area contributed by atoms with Gasteiger partial charge in [-0.05, 0) is 19.1 Å². The number of para-hydroxylation sites is 1. The molecule has 0 fully saturated rings. The van der Waals surface area contributed by atoms with Crippen LogP contribution in [0.15, 0.2) is 24.3 Å². The lowest BCUT2D eigenvalue weighted by Crippen LogP contribution is -2.09. The average Bonchev–Trinajstić information content (AvgIpc) is 2.71. The molecule has 1 heterocycles. The predicted octanol–water partition coefficient (Wildman–Crippen LogP) is 2.85. The van der Waals surface area contributed by atoms with Crippen LogP contribution in [0.2, 0.25) is 0 Å². The number of benzene rings is 1. The molecule has 1 N–H and O–H groups in total. The Morgan fingerprint density at radius 2 is 2.29 bits per heavy atom. The molecule has 0 aliphatic carbocycles. The molecule has 0 unspecified atom stereocenters. The lowest BCUT2D eigenvalue weighted by Gasteiger charge is -2.11. The van der Waals surface area contributed by atoms with Crippen molar-refractivity contribution < 1.29 is 14.6 Å². The Labute approximate surface area is 103 Å². The summed E-state index contributed by atoms with van der Waals surface area (Å²) in [6.07, 6.45) is -0.497. The summed E-state index contributed by atoms with van der Waals surface area (Å²) in [6.45, 7) is 2.33. The van der Waals surface area contributed by atoms with Gasteiger partial charge in [0.2, 0.25) is 0 Å². The van der Waals surface area contributed by atoms with Crippen LogP contribution in [0, 0.1) is 0 Å². The van der Waals surface area contributed by atoms with Crippen molar-refractivity contribution in [1.29, 1.82) is 0 Å². The lowest BCUT2D eigenvalue weighted by atomic mass is 10.2. The standard InChI is InChI=1S/C12H13NO3S/c1-2-16-9(7-11(14)15)12-13-8-5-3-4-6-10(8)17-12/h3-6,9H,2,7H2,1H3,(H,14,15)/t9-/m1/s1. The first kappa shape index (κ1) is 12.0. The molecule has 2 aromatic rings. The van der Waals surface area contributed by atoms with Gasteiger partial charge in [0.1, 0.15) is 11.1 Å². The zero-order valence-electron chi connectivity index (χ0n) is 9.42. The zero-order chi connectivity index (χ0) is 12.3. The van der Waals surface area contributed by atoms with Crippen molar-refractivity contribution in [3.63, 3.8) is 0 Å². The highest BCUT2D eigenvalue weighted by Crippen LogP contribution is 2.30. The Balaban J connectivity index is 2.31. The maximum atomic E-state index is 10.8. The van der Waals surface area contributed by atoms with E-state index >= 15 is 0 Å². The second-order valence-corrected chi connectivity index (χ2v) is 4.62. The topological polar surface area (TPSA) is 59.4 Å². The highest BCUT2D eigenvalue weighted by atomic mass is 32.1. The van der Waals surface area contributed by atoms with Crippen molar-refractivity contribution in [1.82, 2.24) is 4.98 Å². The van der Waals surface area contributed by atoms with Gasteiger partial charge >= 0.3 is 5.97 Å². The molecular weight excluding hydrogens is 238 g/mol. The number of nitrogens with zero attached hydrogens (tertiary/aromatic N) is 1.